The standard InChI is InChI=1S/C23H21Cl2N7O5/c1-35-18-9-14-17(26-12-27-21(14)28-13-2-3-15(24)16(25)8-13)10-19(18)36-11-20-29-22(30-37-20)31-4-6-32(7-5-31)23(33)34/h2-3,8-10,12H,4-7,11H2,1H3,(H,33,34)(H,26,27,28). The molecule has 0 bridgehead atoms. The van der Waals surface area contributed by atoms with Gasteiger partial charge in [-0.25, -0.2) is 14.8 Å². The molecule has 0 radical (unpaired) electrons. The minimum atomic E-state index is -0.936. The third-order valence-electron chi connectivity index (χ3n) is 5.74. The van der Waals surface area contributed by atoms with Gasteiger partial charge in [0.05, 0.1) is 22.7 Å². The Hall–Kier alpha value is -4.03. The number of aromatic nitrogens is 4. The number of fused-ring (bicyclic) bond motifs is 1. The van der Waals surface area contributed by atoms with Crippen molar-refractivity contribution in [2.24, 2.45) is 0 Å². The average Bonchev–Trinajstić information content (AvgIpc) is 3.38. The Balaban J connectivity index is 1.30. The number of halogens is 2. The Kier molecular flexibility index (Phi) is 7.01. The van der Waals surface area contributed by atoms with Crippen LogP contribution in [0.5, 0.6) is 11.5 Å². The van der Waals surface area contributed by atoms with E-state index in [2.05, 4.69) is 25.4 Å². The lowest BCUT2D eigenvalue weighted by molar-refractivity contribution is 0.142. The van der Waals surface area contributed by atoms with Crippen LogP contribution in [0.4, 0.5) is 22.2 Å². The summed E-state index contributed by atoms with van der Waals surface area (Å²) in [4.78, 5) is 27.4. The zero-order chi connectivity index (χ0) is 25.9. The van der Waals surface area contributed by atoms with Crippen molar-refractivity contribution >= 4 is 57.7 Å². The van der Waals surface area contributed by atoms with Crippen LogP contribution in [-0.4, -0.2) is 69.5 Å². The van der Waals surface area contributed by atoms with E-state index in [4.69, 9.17) is 42.3 Å². The largest absolute Gasteiger partial charge is 0.493 e. The highest BCUT2D eigenvalue weighted by Gasteiger charge is 2.24. The van der Waals surface area contributed by atoms with Crippen molar-refractivity contribution in [2.45, 2.75) is 6.61 Å². The Morgan fingerprint density at radius 2 is 1.92 bits per heavy atom. The Morgan fingerprint density at radius 3 is 2.65 bits per heavy atom. The molecule has 0 spiro atoms. The second kappa shape index (κ2) is 10.5. The van der Waals surface area contributed by atoms with Gasteiger partial charge in [0.15, 0.2) is 18.1 Å². The number of nitrogens with one attached hydrogen (secondary N) is 1. The number of anilines is 3. The molecule has 1 amide bonds. The molecule has 12 nitrogen and oxygen atoms in total. The molecular weight excluding hydrogens is 525 g/mol. The second-order valence-corrected chi connectivity index (χ2v) is 8.84. The van der Waals surface area contributed by atoms with E-state index in [-0.39, 0.29) is 12.5 Å². The van der Waals surface area contributed by atoms with Crippen molar-refractivity contribution in [3.8, 4) is 11.5 Å². The number of nitrogens with zero attached hydrogens (tertiary/aromatic N) is 6. The summed E-state index contributed by atoms with van der Waals surface area (Å²) < 4.78 is 16.8. The zero-order valence-electron chi connectivity index (χ0n) is 19.5. The van der Waals surface area contributed by atoms with Gasteiger partial charge in [-0.2, -0.15) is 4.98 Å². The van der Waals surface area contributed by atoms with Gasteiger partial charge in [-0.1, -0.05) is 23.2 Å². The molecule has 14 heteroatoms. The number of hydrogen-bond donors (Lipinski definition) is 2. The lowest BCUT2D eigenvalue weighted by atomic mass is 10.2. The first kappa shape index (κ1) is 24.7. The summed E-state index contributed by atoms with van der Waals surface area (Å²) in [7, 11) is 1.53. The summed E-state index contributed by atoms with van der Waals surface area (Å²) in [5.74, 6) is 2.10. The van der Waals surface area contributed by atoms with Crippen molar-refractivity contribution in [1.29, 1.82) is 0 Å². The summed E-state index contributed by atoms with van der Waals surface area (Å²) in [6, 6.07) is 8.70. The number of amides is 1. The number of hydrogen-bond acceptors (Lipinski definition) is 10. The van der Waals surface area contributed by atoms with Crippen LogP contribution in [0.25, 0.3) is 10.9 Å². The van der Waals surface area contributed by atoms with Gasteiger partial charge >= 0.3 is 6.09 Å². The Labute approximate surface area is 220 Å². The summed E-state index contributed by atoms with van der Waals surface area (Å²) in [5, 5.41) is 17.9. The number of carbonyl (C=O) groups is 1. The summed E-state index contributed by atoms with van der Waals surface area (Å²) in [6.07, 6.45) is 0.501. The third kappa shape index (κ3) is 5.39. The molecule has 2 aromatic carbocycles. The minimum absolute atomic E-state index is 0.00339. The number of benzene rings is 2. The van der Waals surface area contributed by atoms with E-state index in [0.717, 1.165) is 0 Å². The molecule has 5 rings (SSSR count). The number of rotatable bonds is 7. The first-order valence-electron chi connectivity index (χ1n) is 11.1. The van der Waals surface area contributed by atoms with E-state index in [1.54, 1.807) is 30.3 Å². The normalized spacial score (nSPS) is 13.6. The smallest absolute Gasteiger partial charge is 0.407 e. The maximum Gasteiger partial charge on any atom is 0.407 e. The Bertz CT molecular complexity index is 1440. The molecule has 3 heterocycles. The van der Waals surface area contributed by atoms with Crippen molar-refractivity contribution in [3.05, 3.63) is 52.6 Å². The predicted octanol–water partition coefficient (Wildman–Crippen LogP) is 4.45. The van der Waals surface area contributed by atoms with Crippen molar-refractivity contribution < 1.29 is 23.9 Å². The fourth-order valence-electron chi connectivity index (χ4n) is 3.82. The lowest BCUT2D eigenvalue weighted by Gasteiger charge is -2.31. The fourth-order valence-corrected chi connectivity index (χ4v) is 4.11. The average molecular weight is 546 g/mol. The first-order chi connectivity index (χ1) is 17.9. The minimum Gasteiger partial charge on any atom is -0.493 e. The van der Waals surface area contributed by atoms with Crippen LogP contribution in [0.15, 0.2) is 41.2 Å². The topological polar surface area (TPSA) is 139 Å². The molecular formula is C23H21Cl2N7O5. The van der Waals surface area contributed by atoms with Crippen LogP contribution in [-0.2, 0) is 6.61 Å². The monoisotopic (exact) mass is 545 g/mol. The highest BCUT2D eigenvalue weighted by molar-refractivity contribution is 6.42. The molecule has 192 valence electrons. The molecule has 1 fully saturated rings. The maximum absolute atomic E-state index is 11.1. The molecule has 2 N–H and O–H groups in total. The zero-order valence-corrected chi connectivity index (χ0v) is 21.0. The number of piperazine rings is 1. The lowest BCUT2D eigenvalue weighted by Crippen LogP contribution is -2.48. The molecule has 0 aliphatic carbocycles. The molecule has 2 aromatic heterocycles. The van der Waals surface area contributed by atoms with E-state index in [0.29, 0.717) is 76.1 Å². The summed E-state index contributed by atoms with van der Waals surface area (Å²) >= 11 is 12.1. The van der Waals surface area contributed by atoms with Crippen LogP contribution < -0.4 is 19.7 Å². The fraction of sp³-hybridized carbons (Fsp3) is 0.261. The second-order valence-electron chi connectivity index (χ2n) is 8.03. The molecule has 0 saturated carbocycles. The van der Waals surface area contributed by atoms with Crippen LogP contribution in [0.3, 0.4) is 0 Å². The molecule has 1 saturated heterocycles. The molecule has 1 aliphatic heterocycles. The summed E-state index contributed by atoms with van der Waals surface area (Å²) in [5.41, 5.74) is 1.33. The molecule has 4 aromatic rings. The van der Waals surface area contributed by atoms with Crippen LogP contribution in [0.1, 0.15) is 5.89 Å². The van der Waals surface area contributed by atoms with Gasteiger partial charge in [0, 0.05) is 43.3 Å². The highest BCUT2D eigenvalue weighted by Crippen LogP contribution is 2.36. The molecule has 0 atom stereocenters. The quantitative estimate of drug-likeness (QED) is 0.340. The summed E-state index contributed by atoms with van der Waals surface area (Å²) in [6.45, 7) is 1.69. The van der Waals surface area contributed by atoms with Gasteiger partial charge in [0.2, 0.25) is 0 Å². The van der Waals surface area contributed by atoms with Crippen LogP contribution in [0.2, 0.25) is 10.0 Å². The van der Waals surface area contributed by atoms with Gasteiger partial charge in [0.1, 0.15) is 12.1 Å². The van der Waals surface area contributed by atoms with Crippen LogP contribution >= 0.6 is 23.2 Å². The highest BCUT2D eigenvalue weighted by atomic mass is 35.5. The van der Waals surface area contributed by atoms with E-state index in [1.807, 2.05) is 4.90 Å². The van der Waals surface area contributed by atoms with Gasteiger partial charge in [-0.3, -0.25) is 0 Å². The number of carboxylic acid groups (broad SMARTS) is 1. The Morgan fingerprint density at radius 1 is 1.11 bits per heavy atom. The van der Waals surface area contributed by atoms with Gasteiger partial charge < -0.3 is 34.2 Å². The third-order valence-corrected chi connectivity index (χ3v) is 6.48. The first-order valence-corrected chi connectivity index (χ1v) is 11.9. The van der Waals surface area contributed by atoms with E-state index in [9.17, 15) is 4.79 Å². The number of methoxy groups -OCH3 is 1. The van der Waals surface area contributed by atoms with Gasteiger partial charge in [0.25, 0.3) is 11.8 Å². The number of ether oxygens (including phenoxy) is 2. The predicted molar refractivity (Wildman–Crippen MR) is 136 cm³/mol. The molecule has 0 unspecified atom stereocenters. The van der Waals surface area contributed by atoms with Gasteiger partial charge in [-0.15, -0.1) is 0 Å². The van der Waals surface area contributed by atoms with Crippen molar-refractivity contribution in [1.82, 2.24) is 25.0 Å². The maximum atomic E-state index is 11.1. The van der Waals surface area contributed by atoms with E-state index >= 15 is 0 Å². The van der Waals surface area contributed by atoms with Crippen LogP contribution in [0, 0.1) is 0 Å². The molecule has 1 aliphatic rings. The van der Waals surface area contributed by atoms with Gasteiger partial charge in [-0.05, 0) is 29.4 Å². The van der Waals surface area contributed by atoms with E-state index in [1.165, 1.54) is 18.3 Å². The van der Waals surface area contributed by atoms with Crippen molar-refractivity contribution in [2.75, 3.05) is 43.5 Å². The molecule has 37 heavy (non-hydrogen) atoms. The van der Waals surface area contributed by atoms with Crippen molar-refractivity contribution in [3.63, 3.8) is 0 Å². The van der Waals surface area contributed by atoms with E-state index < -0.39 is 6.09 Å². The SMILES string of the molecule is COc1cc2c(Nc3ccc(Cl)c(Cl)c3)ncnc2cc1OCc1nc(N2CCN(C(=O)O)CC2)no1.